The molecule has 2 aliphatic heterocycles. The Kier molecular flexibility index (Phi) is 7.77. The van der Waals surface area contributed by atoms with Gasteiger partial charge in [-0.05, 0) is 59.4 Å². The van der Waals surface area contributed by atoms with Crippen LogP contribution in [-0.4, -0.2) is 102 Å². The minimum atomic E-state index is -0.259. The van der Waals surface area contributed by atoms with Crippen molar-refractivity contribution in [1.82, 2.24) is 44.5 Å². The first-order valence-electron chi connectivity index (χ1n) is 14.8. The molecule has 4 aromatic rings. The Morgan fingerprint density at radius 2 is 2.05 bits per heavy atom. The van der Waals surface area contributed by atoms with Crippen molar-refractivity contribution in [2.24, 2.45) is 7.05 Å². The molecule has 42 heavy (non-hydrogen) atoms. The predicted octanol–water partition coefficient (Wildman–Crippen LogP) is 3.27. The van der Waals surface area contributed by atoms with Gasteiger partial charge in [0, 0.05) is 45.2 Å². The van der Waals surface area contributed by atoms with Gasteiger partial charge in [-0.25, -0.2) is 4.68 Å². The lowest BCUT2D eigenvalue weighted by Crippen LogP contribution is -2.33. The number of β-amino-alcohol motifs (C(OH)–C–C–N with tert-alkyl or cyclic N) is 1. The standard InChI is InChI=1S/C30H41N9O3/c1-7-41-29-22-8-9-24-23-12-25(31-13-26(23)33-32-24)28-20(4)34-37(6)30(28)42-19(3)15-36(5)17-27(22)39(35-29)18(2)14-38-11-10-21(40)16-38/h8-9,12-13,18-19,21,40H,7,10-11,14-17H2,1-6H3,(H,32,33)/b9-8+/t18-,19-,21-/m0/s1. The molecule has 0 radical (unpaired) electrons. The molecule has 1 saturated heterocycles. The number of nitrogens with zero attached hydrogens (tertiary/aromatic N) is 8. The van der Waals surface area contributed by atoms with Crippen LogP contribution in [0.4, 0.5) is 0 Å². The fraction of sp³-hybridized carbons (Fsp3) is 0.533. The van der Waals surface area contributed by atoms with Gasteiger partial charge in [-0.15, -0.1) is 5.10 Å². The van der Waals surface area contributed by atoms with Crippen LogP contribution in [0.25, 0.3) is 34.3 Å². The van der Waals surface area contributed by atoms with E-state index >= 15 is 0 Å². The number of ether oxygens (including phenoxy) is 2. The maximum Gasteiger partial charge on any atom is 0.240 e. The summed E-state index contributed by atoms with van der Waals surface area (Å²) in [5, 5.41) is 28.4. The number of aliphatic hydroxyl groups is 1. The second-order valence-electron chi connectivity index (χ2n) is 11.7. The van der Waals surface area contributed by atoms with Gasteiger partial charge in [0.25, 0.3) is 0 Å². The summed E-state index contributed by atoms with van der Waals surface area (Å²) >= 11 is 0. The number of hydrogen-bond acceptors (Lipinski definition) is 9. The minimum absolute atomic E-state index is 0.0793. The van der Waals surface area contributed by atoms with Gasteiger partial charge in [-0.1, -0.05) is 0 Å². The first kappa shape index (κ1) is 28.4. The number of H-pyrrole nitrogens is 1. The van der Waals surface area contributed by atoms with Crippen LogP contribution in [0.2, 0.25) is 0 Å². The molecule has 224 valence electrons. The third kappa shape index (κ3) is 5.41. The lowest BCUT2D eigenvalue weighted by Gasteiger charge is -2.26. The molecule has 0 aliphatic carbocycles. The van der Waals surface area contributed by atoms with Crippen LogP contribution in [0, 0.1) is 6.92 Å². The zero-order chi connectivity index (χ0) is 29.5. The number of pyridine rings is 1. The maximum atomic E-state index is 10.1. The Balaban J connectivity index is 1.47. The lowest BCUT2D eigenvalue weighted by atomic mass is 10.1. The number of nitrogens with one attached hydrogen (secondary N) is 1. The van der Waals surface area contributed by atoms with Gasteiger partial charge in [0.1, 0.15) is 6.10 Å². The van der Waals surface area contributed by atoms with Gasteiger partial charge in [0.15, 0.2) is 0 Å². The van der Waals surface area contributed by atoms with Crippen LogP contribution in [0.3, 0.4) is 0 Å². The summed E-state index contributed by atoms with van der Waals surface area (Å²) in [6.07, 6.45) is 6.33. The minimum Gasteiger partial charge on any atom is -0.476 e. The summed E-state index contributed by atoms with van der Waals surface area (Å²) in [6.45, 7) is 12.4. The highest BCUT2D eigenvalue weighted by molar-refractivity contribution is 5.92. The molecule has 2 N–H and O–H groups in total. The second kappa shape index (κ2) is 11.5. The number of rotatable bonds is 5. The van der Waals surface area contributed by atoms with Gasteiger partial charge in [-0.2, -0.15) is 10.2 Å². The summed E-state index contributed by atoms with van der Waals surface area (Å²) in [5.74, 6) is 1.30. The van der Waals surface area contributed by atoms with E-state index in [1.807, 2.05) is 39.2 Å². The normalized spacial score (nSPS) is 21.5. The fourth-order valence-electron chi connectivity index (χ4n) is 6.24. The Morgan fingerprint density at radius 3 is 2.81 bits per heavy atom. The topological polar surface area (TPSA) is 122 Å². The van der Waals surface area contributed by atoms with E-state index in [0.717, 1.165) is 64.3 Å². The van der Waals surface area contributed by atoms with Crippen molar-refractivity contribution < 1.29 is 14.6 Å². The van der Waals surface area contributed by atoms with Crippen LogP contribution in [0.1, 0.15) is 55.9 Å². The highest BCUT2D eigenvalue weighted by Gasteiger charge is 2.27. The Morgan fingerprint density at radius 1 is 1.21 bits per heavy atom. The number of aromatic nitrogens is 7. The summed E-state index contributed by atoms with van der Waals surface area (Å²) < 4.78 is 16.5. The van der Waals surface area contributed by atoms with Crippen molar-refractivity contribution in [3.8, 4) is 23.0 Å². The van der Waals surface area contributed by atoms with Crippen molar-refractivity contribution in [3.63, 3.8) is 0 Å². The summed E-state index contributed by atoms with van der Waals surface area (Å²) in [7, 11) is 4.00. The zero-order valence-electron chi connectivity index (χ0n) is 25.3. The monoisotopic (exact) mass is 575 g/mol. The van der Waals surface area contributed by atoms with E-state index in [0.29, 0.717) is 38.0 Å². The predicted molar refractivity (Wildman–Crippen MR) is 161 cm³/mol. The molecular weight excluding hydrogens is 534 g/mol. The Bertz CT molecular complexity index is 1600. The van der Waals surface area contributed by atoms with Gasteiger partial charge >= 0.3 is 0 Å². The molecule has 12 heteroatoms. The van der Waals surface area contributed by atoms with Crippen molar-refractivity contribution in [2.75, 3.05) is 39.8 Å². The van der Waals surface area contributed by atoms with E-state index < -0.39 is 0 Å². The van der Waals surface area contributed by atoms with Crippen LogP contribution < -0.4 is 9.47 Å². The third-order valence-electron chi connectivity index (χ3n) is 8.10. The number of aromatic amines is 1. The molecule has 0 unspecified atom stereocenters. The summed E-state index contributed by atoms with van der Waals surface area (Å²) in [5.41, 5.74) is 6.19. The summed E-state index contributed by atoms with van der Waals surface area (Å²) in [6, 6.07) is 2.13. The van der Waals surface area contributed by atoms with Crippen molar-refractivity contribution in [2.45, 2.75) is 58.9 Å². The second-order valence-corrected chi connectivity index (χ2v) is 11.7. The molecule has 3 atom stereocenters. The summed E-state index contributed by atoms with van der Waals surface area (Å²) in [4.78, 5) is 9.30. The van der Waals surface area contributed by atoms with E-state index in [-0.39, 0.29) is 18.2 Å². The van der Waals surface area contributed by atoms with Gasteiger partial charge in [-0.3, -0.25) is 24.6 Å². The number of aliphatic hydroxyl groups excluding tert-OH is 1. The number of likely N-dealkylation sites (tertiary alicyclic amines) is 1. The van der Waals surface area contributed by atoms with Crippen molar-refractivity contribution >= 4 is 23.1 Å². The first-order chi connectivity index (χ1) is 20.2. The van der Waals surface area contributed by atoms with Crippen LogP contribution in [-0.2, 0) is 13.6 Å². The number of aryl methyl sites for hydroxylation is 2. The third-order valence-corrected chi connectivity index (χ3v) is 8.10. The quantitative estimate of drug-likeness (QED) is 0.369. The molecule has 1 fully saturated rings. The average molecular weight is 576 g/mol. The van der Waals surface area contributed by atoms with Crippen LogP contribution in [0.15, 0.2) is 12.3 Å². The Hall–Kier alpha value is -3.74. The number of likely N-dealkylation sites (N-methyl/N-ethyl adjacent to an activating group) is 1. The number of fused-ring (bicyclic) bond motifs is 4. The maximum absolute atomic E-state index is 10.1. The first-order valence-corrected chi connectivity index (χ1v) is 14.8. The average Bonchev–Trinajstić information content (AvgIpc) is 3.68. The highest BCUT2D eigenvalue weighted by Crippen LogP contribution is 2.35. The van der Waals surface area contributed by atoms with E-state index in [1.165, 1.54) is 0 Å². The SMILES string of the molecule is CCOc1nn([C@@H](C)CN2CC[C@H](O)C2)c2c1/C=C/c1n[nH]c3cnc(cc13)-c1c(C)nn(C)c1O[C@@H](C)CN(C)C2. The Labute approximate surface area is 245 Å². The highest BCUT2D eigenvalue weighted by atomic mass is 16.5. The van der Waals surface area contributed by atoms with Gasteiger partial charge < -0.3 is 14.6 Å². The molecule has 6 rings (SSSR count). The van der Waals surface area contributed by atoms with E-state index in [9.17, 15) is 5.11 Å². The number of hydrogen-bond donors (Lipinski definition) is 2. The molecule has 0 saturated carbocycles. The molecule has 2 aliphatic rings. The smallest absolute Gasteiger partial charge is 0.240 e. The zero-order valence-corrected chi connectivity index (χ0v) is 25.3. The molecule has 0 spiro atoms. The van der Waals surface area contributed by atoms with Crippen LogP contribution in [0.5, 0.6) is 11.8 Å². The van der Waals surface area contributed by atoms with E-state index in [2.05, 4.69) is 56.7 Å². The van der Waals surface area contributed by atoms with Gasteiger partial charge in [0.2, 0.25) is 11.8 Å². The fourth-order valence-corrected chi connectivity index (χ4v) is 6.24. The molecule has 6 heterocycles. The molecule has 12 nitrogen and oxygen atoms in total. The van der Waals surface area contributed by atoms with Gasteiger partial charge in [0.05, 0.1) is 64.4 Å². The van der Waals surface area contributed by atoms with Crippen LogP contribution >= 0.6 is 0 Å². The molecular formula is C30H41N9O3. The molecule has 2 bridgehead atoms. The van der Waals surface area contributed by atoms with E-state index in [4.69, 9.17) is 19.6 Å². The molecule has 4 aromatic heterocycles. The lowest BCUT2D eigenvalue weighted by molar-refractivity contribution is 0.145. The van der Waals surface area contributed by atoms with E-state index in [1.54, 1.807) is 4.68 Å². The molecule has 0 aromatic carbocycles. The van der Waals surface area contributed by atoms with Crippen molar-refractivity contribution in [1.29, 1.82) is 0 Å². The largest absolute Gasteiger partial charge is 0.476 e. The molecule has 0 amide bonds. The van der Waals surface area contributed by atoms with Crippen molar-refractivity contribution in [3.05, 3.63) is 34.9 Å².